The molecule has 2 N–H and O–H groups in total. The first kappa shape index (κ1) is 17.5. The van der Waals surface area contributed by atoms with Crippen LogP contribution < -0.4 is 15.4 Å². The Hall–Kier alpha value is -1.55. The predicted octanol–water partition coefficient (Wildman–Crippen LogP) is 2.87. The van der Waals surface area contributed by atoms with Gasteiger partial charge in [0.05, 0.1) is 0 Å². The smallest absolute Gasteiger partial charge is 0.260 e. The average molecular weight is 292 g/mol. The molecule has 0 bridgehead atoms. The topological polar surface area (TPSA) is 50.4 Å². The number of carbonyl (C=O) groups is 1. The second kappa shape index (κ2) is 10.2. The fourth-order valence-corrected chi connectivity index (χ4v) is 1.94. The van der Waals surface area contributed by atoms with Gasteiger partial charge in [-0.3, -0.25) is 4.79 Å². The fraction of sp³-hybridized carbons (Fsp3) is 0.588. The number of amides is 1. The zero-order valence-corrected chi connectivity index (χ0v) is 13.4. The molecule has 118 valence electrons. The van der Waals surface area contributed by atoms with E-state index in [9.17, 15) is 4.79 Å². The SMILES string of the molecule is CCCCNC(=O)C(C)Oc1ccccc1CNCCC. The summed E-state index contributed by atoms with van der Waals surface area (Å²) in [4.78, 5) is 11.9. The number of hydrogen-bond donors (Lipinski definition) is 2. The summed E-state index contributed by atoms with van der Waals surface area (Å²) >= 11 is 0. The Morgan fingerprint density at radius 2 is 1.95 bits per heavy atom. The summed E-state index contributed by atoms with van der Waals surface area (Å²) in [7, 11) is 0. The molecule has 0 heterocycles. The maximum Gasteiger partial charge on any atom is 0.260 e. The van der Waals surface area contributed by atoms with E-state index in [0.29, 0.717) is 6.54 Å². The first-order valence-corrected chi connectivity index (χ1v) is 7.92. The second-order valence-electron chi connectivity index (χ2n) is 5.19. The summed E-state index contributed by atoms with van der Waals surface area (Å²) in [5.74, 6) is 0.721. The second-order valence-corrected chi connectivity index (χ2v) is 5.19. The number of benzene rings is 1. The first-order chi connectivity index (χ1) is 10.2. The van der Waals surface area contributed by atoms with Gasteiger partial charge in [0.2, 0.25) is 0 Å². The minimum Gasteiger partial charge on any atom is -0.481 e. The Morgan fingerprint density at radius 1 is 1.19 bits per heavy atom. The molecular weight excluding hydrogens is 264 g/mol. The van der Waals surface area contributed by atoms with Crippen LogP contribution in [0.1, 0.15) is 45.6 Å². The van der Waals surface area contributed by atoms with Crippen molar-refractivity contribution in [2.24, 2.45) is 0 Å². The highest BCUT2D eigenvalue weighted by atomic mass is 16.5. The molecule has 1 unspecified atom stereocenters. The summed E-state index contributed by atoms with van der Waals surface area (Å²) in [6.07, 6.45) is 2.69. The van der Waals surface area contributed by atoms with Crippen LogP contribution in [0, 0.1) is 0 Å². The van der Waals surface area contributed by atoms with Gasteiger partial charge in [0.15, 0.2) is 6.10 Å². The van der Waals surface area contributed by atoms with Crippen LogP contribution in [-0.2, 0) is 11.3 Å². The van der Waals surface area contributed by atoms with E-state index in [0.717, 1.165) is 43.7 Å². The molecule has 0 fully saturated rings. The molecule has 4 heteroatoms. The third kappa shape index (κ3) is 6.63. The van der Waals surface area contributed by atoms with Crippen molar-refractivity contribution >= 4 is 5.91 Å². The quantitative estimate of drug-likeness (QED) is 0.652. The molecule has 0 spiro atoms. The highest BCUT2D eigenvalue weighted by Gasteiger charge is 2.15. The fourth-order valence-electron chi connectivity index (χ4n) is 1.94. The van der Waals surface area contributed by atoms with E-state index in [1.54, 1.807) is 6.92 Å². The monoisotopic (exact) mass is 292 g/mol. The average Bonchev–Trinajstić information content (AvgIpc) is 2.49. The standard InChI is InChI=1S/C17H28N2O2/c1-4-6-12-19-17(20)14(3)21-16-10-8-7-9-15(16)13-18-11-5-2/h7-10,14,18H,4-6,11-13H2,1-3H3,(H,19,20). The van der Waals surface area contributed by atoms with E-state index in [2.05, 4.69) is 24.5 Å². The Bertz CT molecular complexity index is 421. The van der Waals surface area contributed by atoms with Gasteiger partial charge in [-0.05, 0) is 32.4 Å². The third-order valence-electron chi connectivity index (χ3n) is 3.22. The van der Waals surface area contributed by atoms with Gasteiger partial charge in [0.1, 0.15) is 5.75 Å². The molecule has 1 rings (SSSR count). The van der Waals surface area contributed by atoms with Crippen molar-refractivity contribution in [3.8, 4) is 5.75 Å². The van der Waals surface area contributed by atoms with Crippen LogP contribution in [0.3, 0.4) is 0 Å². The Morgan fingerprint density at radius 3 is 2.67 bits per heavy atom. The van der Waals surface area contributed by atoms with Gasteiger partial charge in [0, 0.05) is 18.7 Å². The lowest BCUT2D eigenvalue weighted by atomic mass is 10.2. The van der Waals surface area contributed by atoms with Crippen molar-refractivity contribution < 1.29 is 9.53 Å². The van der Waals surface area contributed by atoms with Gasteiger partial charge >= 0.3 is 0 Å². The highest BCUT2D eigenvalue weighted by Crippen LogP contribution is 2.19. The van der Waals surface area contributed by atoms with Gasteiger partial charge < -0.3 is 15.4 Å². The molecule has 1 amide bonds. The zero-order valence-electron chi connectivity index (χ0n) is 13.4. The van der Waals surface area contributed by atoms with Gasteiger partial charge in [-0.2, -0.15) is 0 Å². The molecule has 0 aromatic heterocycles. The predicted molar refractivity (Wildman–Crippen MR) is 86.4 cm³/mol. The number of hydrogen-bond acceptors (Lipinski definition) is 3. The van der Waals surface area contributed by atoms with Crippen molar-refractivity contribution in [1.82, 2.24) is 10.6 Å². The maximum atomic E-state index is 11.9. The van der Waals surface area contributed by atoms with Crippen molar-refractivity contribution in [1.29, 1.82) is 0 Å². The number of ether oxygens (including phenoxy) is 1. The van der Waals surface area contributed by atoms with Crippen molar-refractivity contribution in [3.05, 3.63) is 29.8 Å². The van der Waals surface area contributed by atoms with Crippen LogP contribution in [0.15, 0.2) is 24.3 Å². The summed E-state index contributed by atoms with van der Waals surface area (Å²) < 4.78 is 5.82. The molecule has 0 aliphatic carbocycles. The van der Waals surface area contributed by atoms with Gasteiger partial charge in [-0.15, -0.1) is 0 Å². The van der Waals surface area contributed by atoms with Crippen LogP contribution in [0.25, 0.3) is 0 Å². The summed E-state index contributed by atoms with van der Waals surface area (Å²) in [5, 5.41) is 6.25. The minimum atomic E-state index is -0.478. The van der Waals surface area contributed by atoms with Crippen LogP contribution in [-0.4, -0.2) is 25.1 Å². The van der Waals surface area contributed by atoms with E-state index in [1.807, 2.05) is 24.3 Å². The molecule has 0 aliphatic rings. The van der Waals surface area contributed by atoms with E-state index >= 15 is 0 Å². The third-order valence-corrected chi connectivity index (χ3v) is 3.22. The van der Waals surface area contributed by atoms with Gasteiger partial charge in [-0.1, -0.05) is 38.5 Å². The van der Waals surface area contributed by atoms with E-state index in [1.165, 1.54) is 0 Å². The lowest BCUT2D eigenvalue weighted by Crippen LogP contribution is -2.37. The molecule has 21 heavy (non-hydrogen) atoms. The number of para-hydroxylation sites is 1. The van der Waals surface area contributed by atoms with Crippen molar-refractivity contribution in [2.75, 3.05) is 13.1 Å². The molecule has 0 saturated carbocycles. The van der Waals surface area contributed by atoms with Gasteiger partial charge in [0.25, 0.3) is 5.91 Å². The molecular formula is C17H28N2O2. The zero-order chi connectivity index (χ0) is 15.5. The van der Waals surface area contributed by atoms with Crippen LogP contribution in [0.4, 0.5) is 0 Å². The number of unbranched alkanes of at least 4 members (excludes halogenated alkanes) is 1. The summed E-state index contributed by atoms with van der Waals surface area (Å²) in [5.41, 5.74) is 1.08. The molecule has 0 saturated heterocycles. The minimum absolute atomic E-state index is 0.0558. The molecule has 1 aromatic rings. The Labute approximate surface area is 128 Å². The van der Waals surface area contributed by atoms with E-state index in [4.69, 9.17) is 4.74 Å². The number of rotatable bonds is 10. The molecule has 1 aromatic carbocycles. The lowest BCUT2D eigenvalue weighted by Gasteiger charge is -2.17. The van der Waals surface area contributed by atoms with Crippen molar-refractivity contribution in [2.45, 2.75) is 52.7 Å². The van der Waals surface area contributed by atoms with Crippen molar-refractivity contribution in [3.63, 3.8) is 0 Å². The first-order valence-electron chi connectivity index (χ1n) is 7.92. The largest absolute Gasteiger partial charge is 0.481 e. The number of nitrogens with one attached hydrogen (secondary N) is 2. The highest BCUT2D eigenvalue weighted by molar-refractivity contribution is 5.80. The number of carbonyl (C=O) groups excluding carboxylic acids is 1. The van der Waals surface area contributed by atoms with E-state index in [-0.39, 0.29) is 5.91 Å². The molecule has 4 nitrogen and oxygen atoms in total. The summed E-state index contributed by atoms with van der Waals surface area (Å²) in [6.45, 7) is 8.47. The maximum absolute atomic E-state index is 11.9. The van der Waals surface area contributed by atoms with Gasteiger partial charge in [-0.25, -0.2) is 0 Å². The Balaban J connectivity index is 2.54. The molecule has 0 aliphatic heterocycles. The normalized spacial score (nSPS) is 12.0. The summed E-state index contributed by atoms with van der Waals surface area (Å²) in [6, 6.07) is 7.86. The van der Waals surface area contributed by atoms with Crippen LogP contribution in [0.2, 0.25) is 0 Å². The Kier molecular flexibility index (Phi) is 8.51. The van der Waals surface area contributed by atoms with E-state index < -0.39 is 6.10 Å². The molecule has 1 atom stereocenters. The molecule has 0 radical (unpaired) electrons. The van der Waals surface area contributed by atoms with Crippen LogP contribution in [0.5, 0.6) is 5.75 Å². The van der Waals surface area contributed by atoms with Crippen LogP contribution >= 0.6 is 0 Å². The lowest BCUT2D eigenvalue weighted by molar-refractivity contribution is -0.127.